The Balaban J connectivity index is 1.74. The zero-order valence-corrected chi connectivity index (χ0v) is 14.5. The first kappa shape index (κ1) is 17.2. The number of nitrogens with one attached hydrogen (secondary N) is 1. The van der Waals surface area contributed by atoms with Gasteiger partial charge in [0, 0.05) is 0 Å². The quantitative estimate of drug-likeness (QED) is 0.802. The lowest BCUT2D eigenvalue weighted by molar-refractivity contribution is -0.115. The number of hydrogen-bond acceptors (Lipinski definition) is 4. The molecule has 0 radical (unpaired) electrons. The van der Waals surface area contributed by atoms with Gasteiger partial charge in [-0.3, -0.25) is 4.79 Å². The summed E-state index contributed by atoms with van der Waals surface area (Å²) in [5, 5.41) is 3.02. The number of para-hydroxylation sites is 1. The Morgan fingerprint density at radius 3 is 2.68 bits per heavy atom. The van der Waals surface area contributed by atoms with Gasteiger partial charge < -0.3 is 10.1 Å². The molecule has 3 rings (SSSR count). The minimum atomic E-state index is -0.426. The molecule has 1 aliphatic rings. The third-order valence-electron chi connectivity index (χ3n) is 3.38. The first-order chi connectivity index (χ1) is 12.2. The number of nitrogens with zero attached hydrogens (tertiary/aromatic N) is 1. The summed E-state index contributed by atoms with van der Waals surface area (Å²) in [5.41, 5.74) is 1.08. The Kier molecular flexibility index (Phi) is 5.50. The highest BCUT2D eigenvalue weighted by molar-refractivity contribution is 8.18. The maximum absolute atomic E-state index is 13.7. The number of hydrogen-bond donors (Lipinski definition) is 1. The molecule has 2 aromatic rings. The summed E-state index contributed by atoms with van der Waals surface area (Å²) in [6, 6.07) is 13.7. The molecule has 128 valence electrons. The van der Waals surface area contributed by atoms with Crippen LogP contribution in [0.25, 0.3) is 6.08 Å². The molecule has 0 atom stereocenters. The highest BCUT2D eigenvalue weighted by atomic mass is 32.2. The normalized spacial score (nSPS) is 17.1. The summed E-state index contributed by atoms with van der Waals surface area (Å²) in [5.74, 6) is 0.130. The van der Waals surface area contributed by atoms with Crippen LogP contribution in [0.1, 0.15) is 18.9 Å². The maximum atomic E-state index is 13.7. The zero-order valence-electron chi connectivity index (χ0n) is 13.7. The first-order valence-electron chi connectivity index (χ1n) is 7.92. The summed E-state index contributed by atoms with van der Waals surface area (Å²) in [4.78, 5) is 16.7. The van der Waals surface area contributed by atoms with Crippen molar-refractivity contribution in [3.8, 4) is 5.75 Å². The number of amidine groups is 1. The van der Waals surface area contributed by atoms with Crippen LogP contribution in [0, 0.1) is 5.82 Å². The van der Waals surface area contributed by atoms with E-state index in [2.05, 4.69) is 17.2 Å². The molecule has 1 N–H and O–H groups in total. The minimum Gasteiger partial charge on any atom is -0.494 e. The molecule has 0 saturated carbocycles. The van der Waals surface area contributed by atoms with E-state index in [1.165, 1.54) is 17.8 Å². The summed E-state index contributed by atoms with van der Waals surface area (Å²) in [6.45, 7) is 2.73. The highest BCUT2D eigenvalue weighted by Crippen LogP contribution is 2.29. The Bertz CT molecular complexity index is 832. The number of benzene rings is 2. The number of thioether (sulfide) groups is 1. The molecule has 0 aliphatic carbocycles. The number of amides is 1. The smallest absolute Gasteiger partial charge is 0.264 e. The van der Waals surface area contributed by atoms with Crippen molar-refractivity contribution >= 4 is 34.6 Å². The molecule has 0 spiro atoms. The number of carbonyl (C=O) groups excluding carboxylic acids is 1. The Hall–Kier alpha value is -2.60. The number of ether oxygens (including phenoxy) is 1. The molecule has 0 unspecified atom stereocenters. The topological polar surface area (TPSA) is 50.7 Å². The molecule has 1 heterocycles. The zero-order chi connectivity index (χ0) is 17.6. The lowest BCUT2D eigenvalue weighted by atomic mass is 10.2. The van der Waals surface area contributed by atoms with Crippen LogP contribution in [-0.4, -0.2) is 17.7 Å². The van der Waals surface area contributed by atoms with Gasteiger partial charge in [0.05, 0.1) is 11.5 Å². The Morgan fingerprint density at radius 1 is 1.20 bits per heavy atom. The van der Waals surface area contributed by atoms with E-state index < -0.39 is 5.82 Å². The van der Waals surface area contributed by atoms with E-state index in [0.717, 1.165) is 17.7 Å². The minimum absolute atomic E-state index is 0.198. The van der Waals surface area contributed by atoms with Crippen molar-refractivity contribution in [3.05, 3.63) is 64.8 Å². The van der Waals surface area contributed by atoms with Crippen LogP contribution in [0.4, 0.5) is 10.1 Å². The molecular formula is C19H17FN2O2S. The SMILES string of the molecule is CCCOc1ccc(/C=C2\SC(=Nc3ccccc3F)NC2=O)cc1. The van der Waals surface area contributed by atoms with Gasteiger partial charge in [-0.2, -0.15) is 0 Å². The second kappa shape index (κ2) is 7.98. The standard InChI is InChI=1S/C19H17FN2O2S/c1-2-11-24-14-9-7-13(8-10-14)12-17-18(23)22-19(25-17)21-16-6-4-3-5-15(16)20/h3-10,12H,2,11H2,1H3,(H,21,22,23)/b17-12-. The van der Waals surface area contributed by atoms with Crippen molar-refractivity contribution in [3.63, 3.8) is 0 Å². The molecule has 25 heavy (non-hydrogen) atoms. The lowest BCUT2D eigenvalue weighted by Crippen LogP contribution is -2.19. The van der Waals surface area contributed by atoms with E-state index in [-0.39, 0.29) is 11.6 Å². The van der Waals surface area contributed by atoms with E-state index in [1.54, 1.807) is 24.3 Å². The third-order valence-corrected chi connectivity index (χ3v) is 4.29. The van der Waals surface area contributed by atoms with Gasteiger partial charge in [-0.1, -0.05) is 31.2 Å². The van der Waals surface area contributed by atoms with Crippen LogP contribution >= 0.6 is 11.8 Å². The average Bonchev–Trinajstić information content (AvgIpc) is 2.95. The van der Waals surface area contributed by atoms with E-state index in [0.29, 0.717) is 16.7 Å². The number of rotatable bonds is 5. The van der Waals surface area contributed by atoms with Gasteiger partial charge in [0.1, 0.15) is 17.3 Å². The van der Waals surface area contributed by atoms with Gasteiger partial charge in [0.25, 0.3) is 5.91 Å². The molecule has 0 aromatic heterocycles. The van der Waals surface area contributed by atoms with Gasteiger partial charge in [-0.15, -0.1) is 0 Å². The van der Waals surface area contributed by atoms with Gasteiger partial charge in [0.2, 0.25) is 0 Å². The number of carbonyl (C=O) groups is 1. The fourth-order valence-electron chi connectivity index (χ4n) is 2.16. The molecular weight excluding hydrogens is 339 g/mol. The van der Waals surface area contributed by atoms with Crippen LogP contribution in [0.3, 0.4) is 0 Å². The van der Waals surface area contributed by atoms with Crippen molar-refractivity contribution < 1.29 is 13.9 Å². The number of aliphatic imine (C=N–C) groups is 1. The monoisotopic (exact) mass is 356 g/mol. The van der Waals surface area contributed by atoms with Crippen LogP contribution in [0.5, 0.6) is 5.75 Å². The molecule has 1 fully saturated rings. The van der Waals surface area contributed by atoms with Crippen LogP contribution in [0.2, 0.25) is 0 Å². The van der Waals surface area contributed by atoms with E-state index in [1.807, 2.05) is 24.3 Å². The van der Waals surface area contributed by atoms with Crippen molar-refractivity contribution in [2.45, 2.75) is 13.3 Å². The third kappa shape index (κ3) is 4.48. The molecule has 4 nitrogen and oxygen atoms in total. The van der Waals surface area contributed by atoms with Crippen molar-refractivity contribution in [1.82, 2.24) is 5.32 Å². The fraction of sp³-hybridized carbons (Fsp3) is 0.158. The summed E-state index contributed by atoms with van der Waals surface area (Å²) in [7, 11) is 0. The molecule has 2 aromatic carbocycles. The molecule has 0 bridgehead atoms. The molecule has 1 amide bonds. The average molecular weight is 356 g/mol. The van der Waals surface area contributed by atoms with Crippen LogP contribution in [-0.2, 0) is 4.79 Å². The molecule has 1 aliphatic heterocycles. The van der Waals surface area contributed by atoms with Gasteiger partial charge >= 0.3 is 0 Å². The Labute approximate surface area is 149 Å². The molecule has 1 saturated heterocycles. The first-order valence-corrected chi connectivity index (χ1v) is 8.74. The van der Waals surface area contributed by atoms with Gasteiger partial charge in [-0.05, 0) is 54.1 Å². The van der Waals surface area contributed by atoms with E-state index >= 15 is 0 Å². The molecule has 6 heteroatoms. The lowest BCUT2D eigenvalue weighted by Gasteiger charge is -2.04. The highest BCUT2D eigenvalue weighted by Gasteiger charge is 2.24. The van der Waals surface area contributed by atoms with E-state index in [9.17, 15) is 9.18 Å². The number of halogens is 1. The Morgan fingerprint density at radius 2 is 1.96 bits per heavy atom. The van der Waals surface area contributed by atoms with Gasteiger partial charge in [0.15, 0.2) is 5.17 Å². The van der Waals surface area contributed by atoms with Crippen molar-refractivity contribution in [2.24, 2.45) is 4.99 Å². The van der Waals surface area contributed by atoms with Crippen molar-refractivity contribution in [2.75, 3.05) is 6.61 Å². The van der Waals surface area contributed by atoms with Crippen LogP contribution < -0.4 is 10.1 Å². The largest absolute Gasteiger partial charge is 0.494 e. The van der Waals surface area contributed by atoms with Gasteiger partial charge in [-0.25, -0.2) is 9.38 Å². The van der Waals surface area contributed by atoms with Crippen LogP contribution in [0.15, 0.2) is 58.4 Å². The summed E-state index contributed by atoms with van der Waals surface area (Å²) >= 11 is 1.19. The maximum Gasteiger partial charge on any atom is 0.264 e. The van der Waals surface area contributed by atoms with Crippen molar-refractivity contribution in [1.29, 1.82) is 0 Å². The fourth-order valence-corrected chi connectivity index (χ4v) is 3.00. The summed E-state index contributed by atoms with van der Waals surface area (Å²) < 4.78 is 19.2. The predicted octanol–water partition coefficient (Wildman–Crippen LogP) is 4.51. The second-order valence-corrected chi connectivity index (χ2v) is 6.38. The summed E-state index contributed by atoms with van der Waals surface area (Å²) in [6.07, 6.45) is 2.72. The predicted molar refractivity (Wildman–Crippen MR) is 99.4 cm³/mol. The second-order valence-electron chi connectivity index (χ2n) is 5.35. The van der Waals surface area contributed by atoms with E-state index in [4.69, 9.17) is 4.74 Å².